The fourth-order valence-corrected chi connectivity index (χ4v) is 2.11. The summed E-state index contributed by atoms with van der Waals surface area (Å²) >= 11 is 0. The molecule has 0 saturated heterocycles. The molecule has 22 heavy (non-hydrogen) atoms. The molecular formula is C17H21N3O2. The first kappa shape index (κ1) is 16.0. The number of nitrogens with zero attached hydrogens (tertiary/aromatic N) is 1. The lowest BCUT2D eigenvalue weighted by atomic mass is 10.0. The summed E-state index contributed by atoms with van der Waals surface area (Å²) in [6.07, 6.45) is 4.35. The summed E-state index contributed by atoms with van der Waals surface area (Å²) in [4.78, 5) is 15.9. The van der Waals surface area contributed by atoms with Crippen LogP contribution in [-0.2, 0) is 13.0 Å². The molecule has 5 heteroatoms. The van der Waals surface area contributed by atoms with Gasteiger partial charge in [-0.2, -0.15) is 0 Å². The number of hydrogen-bond acceptors (Lipinski definition) is 3. The van der Waals surface area contributed by atoms with Crippen molar-refractivity contribution in [2.75, 3.05) is 6.61 Å². The summed E-state index contributed by atoms with van der Waals surface area (Å²) < 4.78 is 0. The van der Waals surface area contributed by atoms with Crippen LogP contribution in [0.1, 0.15) is 29.7 Å². The number of aliphatic hydroxyl groups is 1. The van der Waals surface area contributed by atoms with Gasteiger partial charge in [0.1, 0.15) is 0 Å². The number of pyridine rings is 1. The van der Waals surface area contributed by atoms with E-state index < -0.39 is 6.04 Å². The highest BCUT2D eigenvalue weighted by Crippen LogP contribution is 2.14. The predicted molar refractivity (Wildman–Crippen MR) is 85.3 cm³/mol. The molecular weight excluding hydrogens is 278 g/mol. The number of carbonyl (C=O) groups is 1. The summed E-state index contributed by atoms with van der Waals surface area (Å²) in [5.41, 5.74) is 3.03. The molecule has 0 aliphatic rings. The van der Waals surface area contributed by atoms with Crippen LogP contribution in [-0.4, -0.2) is 22.7 Å². The first-order valence-corrected chi connectivity index (χ1v) is 7.36. The first-order valence-electron chi connectivity index (χ1n) is 7.36. The van der Waals surface area contributed by atoms with Crippen LogP contribution in [0.4, 0.5) is 4.79 Å². The van der Waals surface area contributed by atoms with Gasteiger partial charge in [-0.15, -0.1) is 0 Å². The van der Waals surface area contributed by atoms with Crippen molar-refractivity contribution in [1.82, 2.24) is 15.6 Å². The van der Waals surface area contributed by atoms with Gasteiger partial charge in [0.25, 0.3) is 0 Å². The van der Waals surface area contributed by atoms with Gasteiger partial charge in [-0.3, -0.25) is 4.98 Å². The van der Waals surface area contributed by atoms with E-state index in [0.717, 1.165) is 17.5 Å². The number of benzene rings is 1. The molecule has 0 saturated carbocycles. The van der Waals surface area contributed by atoms with Crippen molar-refractivity contribution in [3.05, 3.63) is 65.5 Å². The van der Waals surface area contributed by atoms with E-state index in [1.807, 2.05) is 36.4 Å². The van der Waals surface area contributed by atoms with Crippen molar-refractivity contribution >= 4 is 6.03 Å². The van der Waals surface area contributed by atoms with Gasteiger partial charge in [-0.1, -0.05) is 37.3 Å². The van der Waals surface area contributed by atoms with Crippen LogP contribution in [0.15, 0.2) is 48.8 Å². The monoisotopic (exact) mass is 299 g/mol. The van der Waals surface area contributed by atoms with E-state index in [0.29, 0.717) is 6.54 Å². The summed E-state index contributed by atoms with van der Waals surface area (Å²) in [7, 11) is 0. The molecule has 0 aliphatic carbocycles. The number of hydrogen-bond donors (Lipinski definition) is 3. The number of carbonyl (C=O) groups excluding carboxylic acids is 1. The largest absolute Gasteiger partial charge is 0.394 e. The van der Waals surface area contributed by atoms with Crippen molar-refractivity contribution in [3.63, 3.8) is 0 Å². The third-order valence-corrected chi connectivity index (χ3v) is 3.45. The quantitative estimate of drug-likeness (QED) is 0.765. The normalized spacial score (nSPS) is 11.7. The minimum absolute atomic E-state index is 0.147. The van der Waals surface area contributed by atoms with Gasteiger partial charge in [0.05, 0.1) is 12.6 Å². The average molecular weight is 299 g/mol. The Kier molecular flexibility index (Phi) is 5.91. The molecule has 1 heterocycles. The van der Waals surface area contributed by atoms with Gasteiger partial charge in [-0.25, -0.2) is 4.79 Å². The lowest BCUT2D eigenvalue weighted by Crippen LogP contribution is -2.38. The Bertz CT molecular complexity index is 585. The molecule has 116 valence electrons. The summed E-state index contributed by atoms with van der Waals surface area (Å²) in [5, 5.41) is 15.0. The van der Waals surface area contributed by atoms with E-state index in [1.165, 1.54) is 5.56 Å². The summed E-state index contributed by atoms with van der Waals surface area (Å²) in [6.45, 7) is 2.33. The molecule has 1 unspecified atom stereocenters. The van der Waals surface area contributed by atoms with Crippen molar-refractivity contribution in [1.29, 1.82) is 0 Å². The lowest BCUT2D eigenvalue weighted by Gasteiger charge is -2.17. The number of aryl methyl sites for hydroxylation is 1. The SMILES string of the molecule is CCc1ccc(C(CO)NC(=O)NCc2cccnc2)cc1. The Morgan fingerprint density at radius 3 is 2.59 bits per heavy atom. The Morgan fingerprint density at radius 2 is 2.00 bits per heavy atom. The average Bonchev–Trinajstić information content (AvgIpc) is 2.59. The molecule has 0 bridgehead atoms. The Hall–Kier alpha value is -2.40. The van der Waals surface area contributed by atoms with Crippen LogP contribution in [0, 0.1) is 0 Å². The van der Waals surface area contributed by atoms with Gasteiger partial charge in [0.15, 0.2) is 0 Å². The van der Waals surface area contributed by atoms with Crippen molar-refractivity contribution in [2.24, 2.45) is 0 Å². The Balaban J connectivity index is 1.90. The smallest absolute Gasteiger partial charge is 0.315 e. The molecule has 0 spiro atoms. The minimum atomic E-state index is -0.417. The molecule has 2 aromatic rings. The zero-order chi connectivity index (χ0) is 15.8. The maximum atomic E-state index is 11.9. The molecule has 1 atom stereocenters. The summed E-state index contributed by atoms with van der Waals surface area (Å²) in [6, 6.07) is 10.9. The van der Waals surface area contributed by atoms with Crippen molar-refractivity contribution < 1.29 is 9.90 Å². The topological polar surface area (TPSA) is 74.2 Å². The molecule has 5 nitrogen and oxygen atoms in total. The van der Waals surface area contributed by atoms with Crippen LogP contribution in [0.3, 0.4) is 0 Å². The highest BCUT2D eigenvalue weighted by molar-refractivity contribution is 5.74. The highest BCUT2D eigenvalue weighted by Gasteiger charge is 2.13. The van der Waals surface area contributed by atoms with Gasteiger partial charge < -0.3 is 15.7 Å². The van der Waals surface area contributed by atoms with E-state index >= 15 is 0 Å². The second-order valence-electron chi connectivity index (χ2n) is 5.02. The number of aromatic nitrogens is 1. The van der Waals surface area contributed by atoms with Crippen LogP contribution >= 0.6 is 0 Å². The zero-order valence-electron chi connectivity index (χ0n) is 12.6. The second kappa shape index (κ2) is 8.14. The van der Waals surface area contributed by atoms with Crippen molar-refractivity contribution in [2.45, 2.75) is 25.9 Å². The third-order valence-electron chi connectivity index (χ3n) is 3.45. The standard InChI is InChI=1S/C17H21N3O2/c1-2-13-5-7-15(8-6-13)16(12-21)20-17(22)19-11-14-4-3-9-18-10-14/h3-10,16,21H,2,11-12H2,1H3,(H2,19,20,22). The maximum Gasteiger partial charge on any atom is 0.315 e. The van der Waals surface area contributed by atoms with E-state index in [9.17, 15) is 9.90 Å². The lowest BCUT2D eigenvalue weighted by molar-refractivity contribution is 0.216. The van der Waals surface area contributed by atoms with Gasteiger partial charge in [-0.05, 0) is 29.2 Å². The van der Waals surface area contributed by atoms with E-state index in [4.69, 9.17) is 0 Å². The van der Waals surface area contributed by atoms with Crippen LogP contribution in [0.5, 0.6) is 0 Å². The van der Waals surface area contributed by atoms with Crippen molar-refractivity contribution in [3.8, 4) is 0 Å². The molecule has 0 aliphatic heterocycles. The molecule has 2 rings (SSSR count). The number of aliphatic hydroxyl groups excluding tert-OH is 1. The van der Waals surface area contributed by atoms with Gasteiger partial charge in [0.2, 0.25) is 0 Å². The molecule has 1 aromatic heterocycles. The van der Waals surface area contributed by atoms with E-state index in [2.05, 4.69) is 22.5 Å². The highest BCUT2D eigenvalue weighted by atomic mass is 16.3. The Morgan fingerprint density at radius 1 is 1.23 bits per heavy atom. The van der Waals surface area contributed by atoms with Crippen LogP contribution in [0.2, 0.25) is 0 Å². The van der Waals surface area contributed by atoms with Crippen LogP contribution in [0.25, 0.3) is 0 Å². The van der Waals surface area contributed by atoms with Crippen LogP contribution < -0.4 is 10.6 Å². The number of amides is 2. The number of urea groups is 1. The first-order chi connectivity index (χ1) is 10.7. The fourth-order valence-electron chi connectivity index (χ4n) is 2.11. The number of nitrogens with one attached hydrogen (secondary N) is 2. The van der Waals surface area contributed by atoms with E-state index in [1.54, 1.807) is 12.4 Å². The number of rotatable bonds is 6. The zero-order valence-corrected chi connectivity index (χ0v) is 12.6. The molecule has 0 fully saturated rings. The molecule has 1 aromatic carbocycles. The third kappa shape index (κ3) is 4.56. The molecule has 0 radical (unpaired) electrons. The molecule has 2 amide bonds. The maximum absolute atomic E-state index is 11.9. The summed E-state index contributed by atoms with van der Waals surface area (Å²) in [5.74, 6) is 0. The fraction of sp³-hybridized carbons (Fsp3) is 0.294. The van der Waals surface area contributed by atoms with E-state index in [-0.39, 0.29) is 12.6 Å². The second-order valence-corrected chi connectivity index (χ2v) is 5.02. The molecule has 3 N–H and O–H groups in total. The van der Waals surface area contributed by atoms with Gasteiger partial charge in [0, 0.05) is 18.9 Å². The Labute approximate surface area is 130 Å². The van der Waals surface area contributed by atoms with Gasteiger partial charge >= 0.3 is 6.03 Å². The minimum Gasteiger partial charge on any atom is -0.394 e. The predicted octanol–water partition coefficient (Wildman–Crippen LogP) is 2.18.